The zero-order valence-corrected chi connectivity index (χ0v) is 11.9. The molecule has 6 atom stereocenters. The van der Waals surface area contributed by atoms with Gasteiger partial charge in [-0.1, -0.05) is 27.2 Å². The number of rotatable bonds is 1. The van der Waals surface area contributed by atoms with Crippen LogP contribution in [0.3, 0.4) is 0 Å². The smallest absolute Gasteiger partial charge is 0.116 e. The van der Waals surface area contributed by atoms with Crippen LogP contribution in [0.4, 0.5) is 0 Å². The molecular weight excluding hydrogens is 228 g/mol. The second kappa shape index (κ2) is 3.50. The third-order valence-electron chi connectivity index (χ3n) is 6.51. The molecule has 3 heteroatoms. The van der Waals surface area contributed by atoms with Gasteiger partial charge in [0.2, 0.25) is 0 Å². The Hall–Kier alpha value is -0.120. The normalized spacial score (nSPS) is 58.3. The maximum absolute atomic E-state index is 10.3. The van der Waals surface area contributed by atoms with E-state index in [0.717, 1.165) is 0 Å². The summed E-state index contributed by atoms with van der Waals surface area (Å²) in [5.74, 6) is 0.384. The molecule has 18 heavy (non-hydrogen) atoms. The van der Waals surface area contributed by atoms with Gasteiger partial charge in [0, 0.05) is 0 Å². The van der Waals surface area contributed by atoms with Crippen LogP contribution in [0.15, 0.2) is 0 Å². The number of aliphatic hydroxyl groups is 2. The van der Waals surface area contributed by atoms with Gasteiger partial charge in [0.15, 0.2) is 0 Å². The molecule has 3 rings (SSSR count). The lowest BCUT2D eigenvalue weighted by atomic mass is 9.57. The van der Waals surface area contributed by atoms with E-state index in [9.17, 15) is 10.2 Å². The molecule has 104 valence electrons. The average Bonchev–Trinajstić information content (AvgIpc) is 2.99. The number of epoxide rings is 1. The summed E-state index contributed by atoms with van der Waals surface area (Å²) in [5, 5.41) is 20.5. The quantitative estimate of drug-likeness (QED) is 0.705. The van der Waals surface area contributed by atoms with E-state index < -0.39 is 11.7 Å². The minimum atomic E-state index is -1.06. The van der Waals surface area contributed by atoms with E-state index in [4.69, 9.17) is 4.74 Å². The van der Waals surface area contributed by atoms with Crippen molar-refractivity contribution in [1.29, 1.82) is 0 Å². The topological polar surface area (TPSA) is 53.0 Å². The average molecular weight is 254 g/mol. The van der Waals surface area contributed by atoms with Crippen molar-refractivity contribution in [2.75, 3.05) is 0 Å². The Morgan fingerprint density at radius 1 is 1.11 bits per heavy atom. The van der Waals surface area contributed by atoms with E-state index in [1.165, 1.54) is 19.3 Å². The van der Waals surface area contributed by atoms with E-state index >= 15 is 0 Å². The molecule has 0 aromatic rings. The molecule has 0 radical (unpaired) electrons. The summed E-state index contributed by atoms with van der Waals surface area (Å²) < 4.78 is 5.74. The molecule has 1 aliphatic heterocycles. The minimum absolute atomic E-state index is 0.153. The highest BCUT2D eigenvalue weighted by Gasteiger charge is 2.67. The predicted octanol–water partition coefficient (Wildman–Crippen LogP) is 2.10. The van der Waals surface area contributed by atoms with Crippen molar-refractivity contribution in [3.05, 3.63) is 0 Å². The molecule has 0 amide bonds. The third-order valence-corrected chi connectivity index (χ3v) is 6.51. The van der Waals surface area contributed by atoms with E-state index in [1.807, 2.05) is 0 Å². The zero-order chi connectivity index (χ0) is 13.3. The first kappa shape index (κ1) is 12.9. The van der Waals surface area contributed by atoms with Crippen LogP contribution in [-0.2, 0) is 4.74 Å². The standard InChI is InChI=1S/C15H26O3/c1-13(2)6-5-7-14(13,3)9-8-10(16)15(4,17)12-11(9)18-12/h9-12,16-17H,5-8H2,1-4H3. The Morgan fingerprint density at radius 2 is 1.78 bits per heavy atom. The summed E-state index contributed by atoms with van der Waals surface area (Å²) in [6.07, 6.45) is 3.76. The monoisotopic (exact) mass is 254 g/mol. The largest absolute Gasteiger partial charge is 0.390 e. The van der Waals surface area contributed by atoms with Crippen LogP contribution in [0.1, 0.15) is 53.4 Å². The van der Waals surface area contributed by atoms with Gasteiger partial charge >= 0.3 is 0 Å². The molecular formula is C15H26O3. The Balaban J connectivity index is 1.87. The van der Waals surface area contributed by atoms with Crippen molar-refractivity contribution < 1.29 is 14.9 Å². The fourth-order valence-corrected chi connectivity index (χ4v) is 4.53. The predicted molar refractivity (Wildman–Crippen MR) is 69.1 cm³/mol. The summed E-state index contributed by atoms with van der Waals surface area (Å²) in [5.41, 5.74) is -0.527. The van der Waals surface area contributed by atoms with Crippen LogP contribution >= 0.6 is 0 Å². The second-order valence-electron chi connectivity index (χ2n) is 7.76. The van der Waals surface area contributed by atoms with E-state index in [2.05, 4.69) is 20.8 Å². The van der Waals surface area contributed by atoms with Gasteiger partial charge in [0.1, 0.15) is 11.7 Å². The van der Waals surface area contributed by atoms with Crippen LogP contribution in [0.25, 0.3) is 0 Å². The van der Waals surface area contributed by atoms with E-state index in [0.29, 0.717) is 17.8 Å². The maximum Gasteiger partial charge on any atom is 0.116 e. The zero-order valence-electron chi connectivity index (χ0n) is 11.9. The van der Waals surface area contributed by atoms with Crippen LogP contribution in [0.5, 0.6) is 0 Å². The van der Waals surface area contributed by atoms with E-state index in [-0.39, 0.29) is 17.6 Å². The highest BCUT2D eigenvalue weighted by Crippen LogP contribution is 2.63. The Morgan fingerprint density at radius 3 is 2.33 bits per heavy atom. The molecule has 0 spiro atoms. The molecule has 6 unspecified atom stereocenters. The van der Waals surface area contributed by atoms with Crippen molar-refractivity contribution in [3.63, 3.8) is 0 Å². The molecule has 3 fully saturated rings. The van der Waals surface area contributed by atoms with Gasteiger partial charge in [-0.05, 0) is 42.9 Å². The highest BCUT2D eigenvalue weighted by atomic mass is 16.6. The number of hydrogen-bond donors (Lipinski definition) is 2. The molecule has 0 aromatic heterocycles. The Kier molecular flexibility index (Phi) is 2.51. The van der Waals surface area contributed by atoms with Gasteiger partial charge < -0.3 is 14.9 Å². The van der Waals surface area contributed by atoms with Crippen molar-refractivity contribution in [2.45, 2.75) is 77.3 Å². The van der Waals surface area contributed by atoms with Crippen molar-refractivity contribution in [2.24, 2.45) is 16.7 Å². The Bertz CT molecular complexity index is 359. The highest BCUT2D eigenvalue weighted by molar-refractivity contribution is 5.15. The van der Waals surface area contributed by atoms with Crippen molar-refractivity contribution in [3.8, 4) is 0 Å². The molecule has 0 aromatic carbocycles. The van der Waals surface area contributed by atoms with Gasteiger partial charge in [-0.15, -0.1) is 0 Å². The van der Waals surface area contributed by atoms with Crippen LogP contribution in [0, 0.1) is 16.7 Å². The lowest BCUT2D eigenvalue weighted by molar-refractivity contribution is -0.109. The van der Waals surface area contributed by atoms with Crippen LogP contribution < -0.4 is 0 Å². The van der Waals surface area contributed by atoms with Crippen LogP contribution in [0.2, 0.25) is 0 Å². The molecule has 2 N–H and O–H groups in total. The van der Waals surface area contributed by atoms with Gasteiger partial charge in [0.05, 0.1) is 12.2 Å². The number of ether oxygens (including phenoxy) is 1. The molecule has 2 aliphatic carbocycles. The van der Waals surface area contributed by atoms with E-state index in [1.54, 1.807) is 6.92 Å². The maximum atomic E-state index is 10.3. The minimum Gasteiger partial charge on any atom is -0.390 e. The first-order valence-corrected chi connectivity index (χ1v) is 7.26. The second-order valence-corrected chi connectivity index (χ2v) is 7.76. The number of hydrogen-bond acceptors (Lipinski definition) is 3. The fourth-order valence-electron chi connectivity index (χ4n) is 4.53. The summed E-state index contributed by atoms with van der Waals surface area (Å²) in [6, 6.07) is 0. The number of fused-ring (bicyclic) bond motifs is 1. The van der Waals surface area contributed by atoms with Gasteiger partial charge in [-0.25, -0.2) is 0 Å². The molecule has 1 saturated heterocycles. The summed E-state index contributed by atoms with van der Waals surface area (Å²) in [6.45, 7) is 8.75. The van der Waals surface area contributed by atoms with Crippen molar-refractivity contribution >= 4 is 0 Å². The number of aliphatic hydroxyl groups excluding tert-OH is 1. The molecule has 0 bridgehead atoms. The lowest BCUT2D eigenvalue weighted by Gasteiger charge is -2.48. The van der Waals surface area contributed by atoms with Crippen molar-refractivity contribution in [1.82, 2.24) is 0 Å². The third kappa shape index (κ3) is 1.47. The SMILES string of the molecule is CC1(O)C(O)CC(C2(C)CCCC2(C)C)C2OC21. The molecule has 3 aliphatic rings. The fraction of sp³-hybridized carbons (Fsp3) is 1.00. The molecule has 1 heterocycles. The van der Waals surface area contributed by atoms with Gasteiger partial charge in [-0.2, -0.15) is 0 Å². The summed E-state index contributed by atoms with van der Waals surface area (Å²) in [7, 11) is 0. The summed E-state index contributed by atoms with van der Waals surface area (Å²) >= 11 is 0. The van der Waals surface area contributed by atoms with Gasteiger partial charge in [-0.3, -0.25) is 0 Å². The summed E-state index contributed by atoms with van der Waals surface area (Å²) in [4.78, 5) is 0. The first-order chi connectivity index (χ1) is 8.20. The van der Waals surface area contributed by atoms with Crippen LogP contribution in [-0.4, -0.2) is 34.1 Å². The molecule has 3 nitrogen and oxygen atoms in total. The Labute approximate surface area is 110 Å². The first-order valence-electron chi connectivity index (χ1n) is 7.26. The van der Waals surface area contributed by atoms with Gasteiger partial charge in [0.25, 0.3) is 0 Å². The lowest BCUT2D eigenvalue weighted by Crippen LogP contribution is -2.54. The molecule has 2 saturated carbocycles.